The van der Waals surface area contributed by atoms with Crippen molar-refractivity contribution >= 4 is 6.03 Å². The standard InChI is InChI=1S/C15H20F3N3O2/c1-23-13-6-5-10(8-19-13)9-20-14(22)21-12-4-2-3-11(7-12)15(16,17)18/h5-6,8,11-12H,2-4,7,9H2,1H3,(H2,20,21,22). The molecule has 8 heteroatoms. The molecular formula is C15H20F3N3O2. The molecule has 1 aromatic rings. The number of urea groups is 1. The number of halogens is 3. The van der Waals surface area contributed by atoms with Crippen LogP contribution < -0.4 is 15.4 Å². The Morgan fingerprint density at radius 1 is 1.39 bits per heavy atom. The van der Waals surface area contributed by atoms with Gasteiger partial charge in [-0.3, -0.25) is 0 Å². The van der Waals surface area contributed by atoms with Crippen molar-refractivity contribution in [3.8, 4) is 5.88 Å². The minimum Gasteiger partial charge on any atom is -0.481 e. The Bertz CT molecular complexity index is 520. The molecule has 1 saturated carbocycles. The van der Waals surface area contributed by atoms with Crippen molar-refractivity contribution in [3.63, 3.8) is 0 Å². The molecule has 2 unspecified atom stereocenters. The lowest BCUT2D eigenvalue weighted by Crippen LogP contribution is -2.45. The normalized spacial score (nSPS) is 21.6. The predicted octanol–water partition coefficient (Wildman–Crippen LogP) is 3.01. The highest BCUT2D eigenvalue weighted by atomic mass is 19.4. The molecule has 0 bridgehead atoms. The number of methoxy groups -OCH3 is 1. The number of alkyl halides is 3. The third-order valence-corrected chi connectivity index (χ3v) is 3.93. The molecule has 1 heterocycles. The Morgan fingerprint density at radius 3 is 2.78 bits per heavy atom. The molecule has 5 nitrogen and oxygen atoms in total. The first-order chi connectivity index (χ1) is 10.9. The summed E-state index contributed by atoms with van der Waals surface area (Å²) in [5.74, 6) is -0.856. The third-order valence-electron chi connectivity index (χ3n) is 3.93. The van der Waals surface area contributed by atoms with E-state index in [0.29, 0.717) is 18.7 Å². The summed E-state index contributed by atoms with van der Waals surface area (Å²) in [6.45, 7) is 0.248. The lowest BCUT2D eigenvalue weighted by Gasteiger charge is -2.31. The van der Waals surface area contributed by atoms with Crippen LogP contribution in [0.25, 0.3) is 0 Å². The van der Waals surface area contributed by atoms with Crippen molar-refractivity contribution in [1.29, 1.82) is 0 Å². The van der Waals surface area contributed by atoms with Gasteiger partial charge in [0.25, 0.3) is 0 Å². The van der Waals surface area contributed by atoms with Crippen LogP contribution in [-0.4, -0.2) is 30.3 Å². The summed E-state index contributed by atoms with van der Waals surface area (Å²) in [6.07, 6.45) is -1.49. The van der Waals surface area contributed by atoms with E-state index in [1.165, 1.54) is 7.11 Å². The fourth-order valence-electron chi connectivity index (χ4n) is 2.67. The minimum absolute atomic E-state index is 0.0546. The van der Waals surface area contributed by atoms with E-state index in [9.17, 15) is 18.0 Å². The molecule has 23 heavy (non-hydrogen) atoms. The van der Waals surface area contributed by atoms with Crippen molar-refractivity contribution in [1.82, 2.24) is 15.6 Å². The minimum atomic E-state index is -4.19. The summed E-state index contributed by atoms with van der Waals surface area (Å²) in [7, 11) is 1.51. The van der Waals surface area contributed by atoms with Crippen molar-refractivity contribution < 1.29 is 22.7 Å². The van der Waals surface area contributed by atoms with Crippen LogP contribution in [-0.2, 0) is 6.54 Å². The van der Waals surface area contributed by atoms with Crippen LogP contribution in [0.15, 0.2) is 18.3 Å². The molecule has 2 N–H and O–H groups in total. The number of carbonyl (C=O) groups is 1. The smallest absolute Gasteiger partial charge is 0.391 e. The molecule has 0 aromatic carbocycles. The number of carbonyl (C=O) groups excluding carboxylic acids is 1. The molecule has 0 aliphatic heterocycles. The number of nitrogens with zero attached hydrogens (tertiary/aromatic N) is 1. The van der Waals surface area contributed by atoms with Gasteiger partial charge in [-0.2, -0.15) is 13.2 Å². The summed E-state index contributed by atoms with van der Waals surface area (Å²) >= 11 is 0. The van der Waals surface area contributed by atoms with Crippen LogP contribution in [0.1, 0.15) is 31.2 Å². The number of rotatable bonds is 4. The van der Waals surface area contributed by atoms with Gasteiger partial charge in [0.05, 0.1) is 13.0 Å². The Hall–Kier alpha value is -1.99. The Labute approximate surface area is 132 Å². The van der Waals surface area contributed by atoms with Gasteiger partial charge in [0, 0.05) is 24.8 Å². The highest BCUT2D eigenvalue weighted by molar-refractivity contribution is 5.74. The van der Waals surface area contributed by atoms with Gasteiger partial charge in [0.2, 0.25) is 5.88 Å². The Balaban J connectivity index is 1.77. The van der Waals surface area contributed by atoms with Crippen molar-refractivity contribution in [2.45, 2.75) is 44.4 Å². The second kappa shape index (κ2) is 7.52. The maximum absolute atomic E-state index is 12.7. The molecule has 2 amide bonds. The van der Waals surface area contributed by atoms with Crippen molar-refractivity contribution in [3.05, 3.63) is 23.9 Å². The van der Waals surface area contributed by atoms with Crippen LogP contribution in [0.3, 0.4) is 0 Å². The number of amides is 2. The number of aromatic nitrogens is 1. The van der Waals surface area contributed by atoms with Gasteiger partial charge < -0.3 is 15.4 Å². The zero-order chi connectivity index (χ0) is 16.9. The fourth-order valence-corrected chi connectivity index (χ4v) is 2.67. The number of pyridine rings is 1. The van der Waals surface area contributed by atoms with E-state index < -0.39 is 24.2 Å². The second-order valence-corrected chi connectivity index (χ2v) is 5.64. The van der Waals surface area contributed by atoms with E-state index in [0.717, 1.165) is 5.56 Å². The molecule has 0 radical (unpaired) electrons. The molecule has 1 aliphatic carbocycles. The summed E-state index contributed by atoms with van der Waals surface area (Å²) in [6, 6.07) is 2.52. The van der Waals surface area contributed by atoms with Crippen LogP contribution >= 0.6 is 0 Å². The average molecular weight is 331 g/mol. The lowest BCUT2D eigenvalue weighted by atomic mass is 9.85. The first kappa shape index (κ1) is 17.4. The quantitative estimate of drug-likeness (QED) is 0.891. The zero-order valence-corrected chi connectivity index (χ0v) is 12.8. The molecule has 1 aliphatic rings. The molecule has 0 spiro atoms. The van der Waals surface area contributed by atoms with Crippen LogP contribution in [0.5, 0.6) is 5.88 Å². The van der Waals surface area contributed by atoms with Crippen molar-refractivity contribution in [2.24, 2.45) is 5.92 Å². The molecular weight excluding hydrogens is 311 g/mol. The van der Waals surface area contributed by atoms with Gasteiger partial charge in [0.15, 0.2) is 0 Å². The van der Waals surface area contributed by atoms with Gasteiger partial charge in [-0.1, -0.05) is 12.5 Å². The summed E-state index contributed by atoms with van der Waals surface area (Å²) in [5, 5.41) is 5.24. The fraction of sp³-hybridized carbons (Fsp3) is 0.600. The third kappa shape index (κ3) is 5.30. The van der Waals surface area contributed by atoms with Crippen LogP contribution in [0.4, 0.5) is 18.0 Å². The molecule has 128 valence electrons. The average Bonchev–Trinajstić information content (AvgIpc) is 2.53. The number of hydrogen-bond donors (Lipinski definition) is 2. The van der Waals surface area contributed by atoms with Gasteiger partial charge in [-0.25, -0.2) is 9.78 Å². The topological polar surface area (TPSA) is 63.2 Å². The summed E-state index contributed by atoms with van der Waals surface area (Å²) in [5.41, 5.74) is 0.776. The van der Waals surface area contributed by atoms with E-state index >= 15 is 0 Å². The first-order valence-corrected chi connectivity index (χ1v) is 7.48. The monoisotopic (exact) mass is 331 g/mol. The van der Waals surface area contributed by atoms with E-state index in [-0.39, 0.29) is 19.4 Å². The number of nitrogens with one attached hydrogen (secondary N) is 2. The first-order valence-electron chi connectivity index (χ1n) is 7.48. The SMILES string of the molecule is COc1ccc(CNC(=O)NC2CCCC(C(F)(F)F)C2)cn1. The molecule has 2 atom stereocenters. The predicted molar refractivity (Wildman–Crippen MR) is 78.0 cm³/mol. The molecule has 1 fully saturated rings. The van der Waals surface area contributed by atoms with E-state index in [1.807, 2.05) is 0 Å². The van der Waals surface area contributed by atoms with E-state index in [1.54, 1.807) is 18.3 Å². The van der Waals surface area contributed by atoms with Gasteiger partial charge in [0.1, 0.15) is 0 Å². The maximum atomic E-state index is 12.7. The van der Waals surface area contributed by atoms with Crippen molar-refractivity contribution in [2.75, 3.05) is 7.11 Å². The summed E-state index contributed by atoms with van der Waals surface area (Å²) < 4.78 is 43.1. The van der Waals surface area contributed by atoms with Crippen LogP contribution in [0, 0.1) is 5.92 Å². The zero-order valence-electron chi connectivity index (χ0n) is 12.8. The molecule has 2 rings (SSSR count). The Morgan fingerprint density at radius 2 is 2.17 bits per heavy atom. The highest BCUT2D eigenvalue weighted by Gasteiger charge is 2.42. The lowest BCUT2D eigenvalue weighted by molar-refractivity contribution is -0.183. The maximum Gasteiger partial charge on any atom is 0.391 e. The molecule has 0 saturated heterocycles. The van der Waals surface area contributed by atoms with E-state index in [4.69, 9.17) is 4.74 Å². The van der Waals surface area contributed by atoms with E-state index in [2.05, 4.69) is 15.6 Å². The van der Waals surface area contributed by atoms with Gasteiger partial charge in [-0.15, -0.1) is 0 Å². The number of hydrogen-bond acceptors (Lipinski definition) is 3. The summed E-state index contributed by atoms with van der Waals surface area (Å²) in [4.78, 5) is 15.8. The van der Waals surface area contributed by atoms with Gasteiger partial charge in [-0.05, 0) is 24.8 Å². The molecule has 1 aromatic heterocycles. The van der Waals surface area contributed by atoms with Crippen LogP contribution in [0.2, 0.25) is 0 Å². The highest BCUT2D eigenvalue weighted by Crippen LogP contribution is 2.37. The Kier molecular flexibility index (Phi) is 5.68. The largest absolute Gasteiger partial charge is 0.481 e. The van der Waals surface area contributed by atoms with Gasteiger partial charge >= 0.3 is 12.2 Å². The second-order valence-electron chi connectivity index (χ2n) is 5.64. The number of ether oxygens (including phenoxy) is 1.